The average Bonchev–Trinajstić information content (AvgIpc) is 3.10. The maximum absolute atomic E-state index is 13.0. The molecule has 138 valence electrons. The number of carbonyl (C=O) groups is 1. The number of fused-ring (bicyclic) bond motifs is 1. The van der Waals surface area contributed by atoms with Gasteiger partial charge in [0.15, 0.2) is 16.6 Å². The summed E-state index contributed by atoms with van der Waals surface area (Å²) >= 11 is 7.52. The molecule has 0 bridgehead atoms. The Labute approximate surface area is 175 Å². The van der Waals surface area contributed by atoms with Crippen molar-refractivity contribution in [2.24, 2.45) is 0 Å². The predicted octanol–water partition coefficient (Wildman–Crippen LogP) is 3.45. The van der Waals surface area contributed by atoms with Crippen molar-refractivity contribution >= 4 is 51.5 Å². The van der Waals surface area contributed by atoms with Crippen LogP contribution in [0, 0.1) is 3.57 Å². The summed E-state index contributed by atoms with van der Waals surface area (Å²) < 4.78 is 11.9. The Kier molecular flexibility index (Phi) is 4.92. The standard InChI is InChI=1S/C19H16IN3O3S/c1-10-16(18(24)22-13-5-3-12(20)4-6-13)17(23-19(27)21-10)11-2-7-14-15(8-11)26-9-25-14/h2-8,17H,9H2,1H3,(H,22,24)(H2,21,23,27)/t17-/m1/s1. The fourth-order valence-electron chi connectivity index (χ4n) is 3.07. The second-order valence-corrected chi connectivity index (χ2v) is 7.80. The predicted molar refractivity (Wildman–Crippen MR) is 115 cm³/mol. The van der Waals surface area contributed by atoms with E-state index in [4.69, 9.17) is 21.7 Å². The Balaban J connectivity index is 1.67. The van der Waals surface area contributed by atoms with Gasteiger partial charge in [0, 0.05) is 15.0 Å². The van der Waals surface area contributed by atoms with E-state index in [1.165, 1.54) is 0 Å². The first-order valence-electron chi connectivity index (χ1n) is 8.26. The van der Waals surface area contributed by atoms with Crippen molar-refractivity contribution in [3.05, 3.63) is 62.9 Å². The maximum Gasteiger partial charge on any atom is 0.255 e. The molecular formula is C19H16IN3O3S. The van der Waals surface area contributed by atoms with Gasteiger partial charge in [-0.3, -0.25) is 4.79 Å². The van der Waals surface area contributed by atoms with Crippen LogP contribution in [-0.4, -0.2) is 17.8 Å². The average molecular weight is 493 g/mol. The minimum Gasteiger partial charge on any atom is -0.454 e. The van der Waals surface area contributed by atoms with E-state index in [1.807, 2.05) is 49.4 Å². The summed E-state index contributed by atoms with van der Waals surface area (Å²) in [7, 11) is 0. The largest absolute Gasteiger partial charge is 0.454 e. The number of amides is 1. The zero-order valence-electron chi connectivity index (χ0n) is 14.3. The van der Waals surface area contributed by atoms with Crippen molar-refractivity contribution in [2.45, 2.75) is 13.0 Å². The molecule has 0 saturated heterocycles. The Morgan fingerprint density at radius 1 is 1.19 bits per heavy atom. The summed E-state index contributed by atoms with van der Waals surface area (Å²) in [5.41, 5.74) is 2.89. The SMILES string of the molecule is CC1=C(C(=O)Nc2ccc(I)cc2)[C@@H](c2ccc3c(c2)OCO3)NC(=S)N1. The zero-order valence-corrected chi connectivity index (χ0v) is 17.3. The summed E-state index contributed by atoms with van der Waals surface area (Å²) in [5.74, 6) is 1.16. The van der Waals surface area contributed by atoms with E-state index in [0.717, 1.165) is 14.8 Å². The van der Waals surface area contributed by atoms with Crippen LogP contribution in [0.4, 0.5) is 5.69 Å². The highest BCUT2D eigenvalue weighted by Gasteiger charge is 2.31. The van der Waals surface area contributed by atoms with Gasteiger partial charge in [0.1, 0.15) is 0 Å². The molecule has 4 rings (SSSR count). The fraction of sp³-hybridized carbons (Fsp3) is 0.158. The molecule has 0 saturated carbocycles. The number of allylic oxidation sites excluding steroid dienone is 1. The first kappa shape index (κ1) is 18.1. The molecule has 2 aliphatic rings. The Morgan fingerprint density at radius 3 is 2.70 bits per heavy atom. The molecule has 0 radical (unpaired) electrons. The van der Waals surface area contributed by atoms with Crippen LogP contribution < -0.4 is 25.4 Å². The van der Waals surface area contributed by atoms with Gasteiger partial charge < -0.3 is 25.4 Å². The van der Waals surface area contributed by atoms with E-state index < -0.39 is 6.04 Å². The van der Waals surface area contributed by atoms with Crippen molar-refractivity contribution in [3.63, 3.8) is 0 Å². The topological polar surface area (TPSA) is 71.6 Å². The Bertz CT molecular complexity index is 959. The molecule has 0 spiro atoms. The number of anilines is 1. The first-order valence-corrected chi connectivity index (χ1v) is 9.75. The minimum atomic E-state index is -0.392. The van der Waals surface area contributed by atoms with Gasteiger partial charge in [-0.05, 0) is 83.7 Å². The van der Waals surface area contributed by atoms with Crippen LogP contribution in [0.25, 0.3) is 0 Å². The molecule has 2 aliphatic heterocycles. The van der Waals surface area contributed by atoms with Crippen LogP contribution in [0.2, 0.25) is 0 Å². The van der Waals surface area contributed by atoms with Crippen molar-refractivity contribution in [2.75, 3.05) is 12.1 Å². The highest BCUT2D eigenvalue weighted by molar-refractivity contribution is 14.1. The van der Waals surface area contributed by atoms with Crippen LogP contribution in [0.3, 0.4) is 0 Å². The molecule has 27 heavy (non-hydrogen) atoms. The van der Waals surface area contributed by atoms with Crippen molar-refractivity contribution in [1.29, 1.82) is 0 Å². The molecule has 2 aromatic carbocycles. The molecule has 0 fully saturated rings. The number of halogens is 1. The van der Waals surface area contributed by atoms with Gasteiger partial charge in [-0.1, -0.05) is 6.07 Å². The fourth-order valence-corrected chi connectivity index (χ4v) is 3.70. The Hall–Kier alpha value is -2.33. The second kappa shape index (κ2) is 7.35. The minimum absolute atomic E-state index is 0.195. The van der Waals surface area contributed by atoms with E-state index in [0.29, 0.717) is 27.9 Å². The van der Waals surface area contributed by atoms with Crippen LogP contribution in [0.1, 0.15) is 18.5 Å². The molecule has 6 nitrogen and oxygen atoms in total. The number of hydrogen-bond donors (Lipinski definition) is 3. The number of hydrogen-bond acceptors (Lipinski definition) is 4. The first-order chi connectivity index (χ1) is 13.0. The normalized spacial score (nSPS) is 18.0. The number of benzene rings is 2. The van der Waals surface area contributed by atoms with Crippen LogP contribution in [-0.2, 0) is 4.79 Å². The van der Waals surface area contributed by atoms with Gasteiger partial charge >= 0.3 is 0 Å². The monoisotopic (exact) mass is 493 g/mol. The second-order valence-electron chi connectivity index (χ2n) is 6.14. The molecular weight excluding hydrogens is 477 g/mol. The maximum atomic E-state index is 13.0. The van der Waals surface area contributed by atoms with Gasteiger partial charge in [-0.15, -0.1) is 0 Å². The lowest BCUT2D eigenvalue weighted by molar-refractivity contribution is -0.113. The highest BCUT2D eigenvalue weighted by atomic mass is 127. The van der Waals surface area contributed by atoms with Crippen molar-refractivity contribution in [1.82, 2.24) is 10.6 Å². The van der Waals surface area contributed by atoms with Gasteiger partial charge in [0.05, 0.1) is 11.6 Å². The van der Waals surface area contributed by atoms with Gasteiger partial charge in [-0.2, -0.15) is 0 Å². The molecule has 2 aromatic rings. The van der Waals surface area contributed by atoms with E-state index >= 15 is 0 Å². The molecule has 0 aromatic heterocycles. The van der Waals surface area contributed by atoms with E-state index in [1.54, 1.807) is 0 Å². The summed E-state index contributed by atoms with van der Waals surface area (Å²) in [6, 6.07) is 12.9. The van der Waals surface area contributed by atoms with Crippen LogP contribution in [0.15, 0.2) is 53.7 Å². The molecule has 0 unspecified atom stereocenters. The van der Waals surface area contributed by atoms with Gasteiger partial charge in [0.25, 0.3) is 5.91 Å². The van der Waals surface area contributed by atoms with Crippen molar-refractivity contribution < 1.29 is 14.3 Å². The van der Waals surface area contributed by atoms with E-state index in [-0.39, 0.29) is 12.7 Å². The molecule has 1 amide bonds. The summed E-state index contributed by atoms with van der Waals surface area (Å²) in [4.78, 5) is 13.0. The zero-order chi connectivity index (χ0) is 19.0. The highest BCUT2D eigenvalue weighted by Crippen LogP contribution is 2.37. The number of carbonyl (C=O) groups excluding carboxylic acids is 1. The van der Waals surface area contributed by atoms with E-state index in [9.17, 15) is 4.79 Å². The molecule has 8 heteroatoms. The number of ether oxygens (including phenoxy) is 2. The van der Waals surface area contributed by atoms with E-state index in [2.05, 4.69) is 38.5 Å². The van der Waals surface area contributed by atoms with Crippen LogP contribution in [0.5, 0.6) is 11.5 Å². The van der Waals surface area contributed by atoms with Gasteiger partial charge in [-0.25, -0.2) is 0 Å². The molecule has 2 heterocycles. The lowest BCUT2D eigenvalue weighted by Gasteiger charge is -2.30. The lowest BCUT2D eigenvalue weighted by atomic mass is 9.94. The number of rotatable bonds is 3. The number of nitrogens with one attached hydrogen (secondary N) is 3. The third-order valence-electron chi connectivity index (χ3n) is 4.35. The lowest BCUT2D eigenvalue weighted by Crippen LogP contribution is -2.45. The molecule has 0 aliphatic carbocycles. The van der Waals surface area contributed by atoms with Gasteiger partial charge in [0.2, 0.25) is 6.79 Å². The summed E-state index contributed by atoms with van der Waals surface area (Å²) in [6.07, 6.45) is 0. The Morgan fingerprint density at radius 2 is 1.93 bits per heavy atom. The molecule has 1 atom stereocenters. The quantitative estimate of drug-likeness (QED) is 0.450. The third-order valence-corrected chi connectivity index (χ3v) is 5.28. The third kappa shape index (κ3) is 3.72. The summed E-state index contributed by atoms with van der Waals surface area (Å²) in [6.45, 7) is 2.04. The molecule has 3 N–H and O–H groups in total. The number of thiocarbonyl (C=S) groups is 1. The summed E-state index contributed by atoms with van der Waals surface area (Å²) in [5, 5.41) is 9.65. The smallest absolute Gasteiger partial charge is 0.255 e. The van der Waals surface area contributed by atoms with Crippen molar-refractivity contribution in [3.8, 4) is 11.5 Å². The van der Waals surface area contributed by atoms with Crippen LogP contribution >= 0.6 is 34.8 Å².